The highest BCUT2D eigenvalue weighted by Crippen LogP contribution is 2.30. The summed E-state index contributed by atoms with van der Waals surface area (Å²) in [6.45, 7) is 3.21. The first-order valence-corrected chi connectivity index (χ1v) is 10.3. The molecule has 1 aromatic rings. The molecule has 3 aliphatic rings. The molecule has 3 heterocycles. The maximum Gasteiger partial charge on any atom is 0.255 e. The molecule has 3 N–H and O–H groups in total. The predicted molar refractivity (Wildman–Crippen MR) is 104 cm³/mol. The summed E-state index contributed by atoms with van der Waals surface area (Å²) in [5, 5.41) is 9.44. The third-order valence-electron chi connectivity index (χ3n) is 6.05. The van der Waals surface area contributed by atoms with Crippen LogP contribution < -0.4 is 16.0 Å². The molecule has 7 heteroatoms. The van der Waals surface area contributed by atoms with E-state index in [1.165, 1.54) is 12.8 Å². The van der Waals surface area contributed by atoms with E-state index in [9.17, 15) is 14.4 Å². The first-order chi connectivity index (χ1) is 13.6. The lowest BCUT2D eigenvalue weighted by Gasteiger charge is -2.29. The SMILES string of the molecule is O=C1CCC(N2Cc3cccc(CNC4CCCCNCC4)c3C2=O)C(=O)N1. The molecule has 3 aliphatic heterocycles. The lowest BCUT2D eigenvalue weighted by Crippen LogP contribution is -2.52. The predicted octanol–water partition coefficient (Wildman–Crippen LogP) is 1.07. The van der Waals surface area contributed by atoms with Crippen LogP contribution >= 0.6 is 0 Å². The number of amides is 3. The molecule has 2 saturated heterocycles. The number of nitrogens with one attached hydrogen (secondary N) is 3. The van der Waals surface area contributed by atoms with Crippen molar-refractivity contribution in [2.75, 3.05) is 13.1 Å². The van der Waals surface area contributed by atoms with Crippen LogP contribution in [0, 0.1) is 0 Å². The first-order valence-electron chi connectivity index (χ1n) is 10.3. The Morgan fingerprint density at radius 2 is 1.96 bits per heavy atom. The second-order valence-electron chi connectivity index (χ2n) is 7.96. The van der Waals surface area contributed by atoms with E-state index in [2.05, 4.69) is 16.0 Å². The summed E-state index contributed by atoms with van der Waals surface area (Å²) in [7, 11) is 0. The highest BCUT2D eigenvalue weighted by atomic mass is 16.2. The topological polar surface area (TPSA) is 90.5 Å². The second-order valence-corrected chi connectivity index (χ2v) is 7.96. The number of imide groups is 1. The van der Waals surface area contributed by atoms with Crippen molar-refractivity contribution in [1.29, 1.82) is 0 Å². The van der Waals surface area contributed by atoms with E-state index in [1.807, 2.05) is 18.2 Å². The number of benzene rings is 1. The Morgan fingerprint density at radius 3 is 2.82 bits per heavy atom. The third-order valence-corrected chi connectivity index (χ3v) is 6.05. The van der Waals surface area contributed by atoms with Crippen molar-refractivity contribution in [2.24, 2.45) is 0 Å². The number of piperidine rings is 1. The summed E-state index contributed by atoms with van der Waals surface area (Å²) in [6, 6.07) is 5.83. The largest absolute Gasteiger partial charge is 0.322 e. The summed E-state index contributed by atoms with van der Waals surface area (Å²) in [4.78, 5) is 38.4. The number of carbonyl (C=O) groups is 3. The van der Waals surface area contributed by atoms with Gasteiger partial charge in [-0.1, -0.05) is 24.6 Å². The third kappa shape index (κ3) is 3.95. The van der Waals surface area contributed by atoms with Crippen LogP contribution in [0.2, 0.25) is 0 Å². The van der Waals surface area contributed by atoms with Crippen LogP contribution in [0.5, 0.6) is 0 Å². The Hall–Kier alpha value is -2.25. The highest BCUT2D eigenvalue weighted by Gasteiger charge is 2.39. The number of fused-ring (bicyclic) bond motifs is 1. The average Bonchev–Trinajstić information content (AvgIpc) is 2.98. The van der Waals surface area contributed by atoms with E-state index in [1.54, 1.807) is 4.90 Å². The molecule has 0 saturated carbocycles. The fraction of sp³-hybridized carbons (Fsp3) is 0.571. The van der Waals surface area contributed by atoms with E-state index in [-0.39, 0.29) is 24.1 Å². The molecular weight excluding hydrogens is 356 g/mol. The second kappa shape index (κ2) is 8.41. The number of hydrogen-bond donors (Lipinski definition) is 3. The minimum Gasteiger partial charge on any atom is -0.322 e. The van der Waals surface area contributed by atoms with Crippen LogP contribution in [0.3, 0.4) is 0 Å². The van der Waals surface area contributed by atoms with Crippen molar-refractivity contribution in [3.8, 4) is 0 Å². The monoisotopic (exact) mass is 384 g/mol. The number of rotatable bonds is 4. The molecule has 2 unspecified atom stereocenters. The van der Waals surface area contributed by atoms with E-state index < -0.39 is 6.04 Å². The molecule has 7 nitrogen and oxygen atoms in total. The minimum absolute atomic E-state index is 0.0961. The van der Waals surface area contributed by atoms with Crippen molar-refractivity contribution in [2.45, 2.75) is 63.7 Å². The van der Waals surface area contributed by atoms with E-state index in [0.29, 0.717) is 25.6 Å². The van der Waals surface area contributed by atoms with Crippen LogP contribution in [0.15, 0.2) is 18.2 Å². The number of nitrogens with zero attached hydrogens (tertiary/aromatic N) is 1. The van der Waals surface area contributed by atoms with Crippen LogP contribution in [0.25, 0.3) is 0 Å². The molecular formula is C21H28N4O3. The van der Waals surface area contributed by atoms with Gasteiger partial charge in [0.2, 0.25) is 11.8 Å². The fourth-order valence-corrected chi connectivity index (χ4v) is 4.48. The van der Waals surface area contributed by atoms with Crippen molar-refractivity contribution in [3.05, 3.63) is 34.9 Å². The van der Waals surface area contributed by atoms with Crippen LogP contribution in [-0.4, -0.2) is 47.8 Å². The zero-order valence-electron chi connectivity index (χ0n) is 16.1. The average molecular weight is 384 g/mol. The first kappa shape index (κ1) is 19.1. The van der Waals surface area contributed by atoms with Gasteiger partial charge in [0.25, 0.3) is 5.91 Å². The van der Waals surface area contributed by atoms with Gasteiger partial charge < -0.3 is 15.5 Å². The van der Waals surface area contributed by atoms with E-state index in [0.717, 1.165) is 42.6 Å². The Bertz CT molecular complexity index is 771. The Morgan fingerprint density at radius 1 is 1.07 bits per heavy atom. The molecule has 2 fully saturated rings. The van der Waals surface area contributed by atoms with Crippen molar-refractivity contribution in [1.82, 2.24) is 20.9 Å². The van der Waals surface area contributed by atoms with Gasteiger partial charge in [0.1, 0.15) is 6.04 Å². The normalized spacial score (nSPS) is 25.9. The standard InChI is InChI=1S/C21H28N4O3/c26-18-8-7-17(20(27)24-18)25-13-15-5-3-4-14(19(15)21(25)28)12-23-16-6-1-2-10-22-11-9-16/h3-5,16-17,22-23H,1-2,6-13H2,(H,24,26,27). The molecule has 1 aromatic carbocycles. The van der Waals surface area contributed by atoms with Crippen molar-refractivity contribution >= 4 is 17.7 Å². The number of carbonyl (C=O) groups excluding carboxylic acids is 3. The van der Waals surface area contributed by atoms with Gasteiger partial charge in [-0.2, -0.15) is 0 Å². The Kier molecular flexibility index (Phi) is 5.73. The van der Waals surface area contributed by atoms with Crippen molar-refractivity contribution in [3.63, 3.8) is 0 Å². The fourth-order valence-electron chi connectivity index (χ4n) is 4.48. The van der Waals surface area contributed by atoms with Gasteiger partial charge in [-0.3, -0.25) is 19.7 Å². The van der Waals surface area contributed by atoms with Gasteiger partial charge in [-0.05, 0) is 49.9 Å². The van der Waals surface area contributed by atoms with Gasteiger partial charge in [-0.25, -0.2) is 0 Å². The van der Waals surface area contributed by atoms with E-state index in [4.69, 9.17) is 0 Å². The smallest absolute Gasteiger partial charge is 0.255 e. The molecule has 3 amide bonds. The van der Waals surface area contributed by atoms with Gasteiger partial charge in [0, 0.05) is 31.1 Å². The maximum atomic E-state index is 13.1. The molecule has 28 heavy (non-hydrogen) atoms. The summed E-state index contributed by atoms with van der Waals surface area (Å²) in [6.07, 6.45) is 5.34. The van der Waals surface area contributed by atoms with Gasteiger partial charge in [-0.15, -0.1) is 0 Å². The molecule has 0 aliphatic carbocycles. The summed E-state index contributed by atoms with van der Waals surface area (Å²) >= 11 is 0. The highest BCUT2D eigenvalue weighted by molar-refractivity contribution is 6.05. The summed E-state index contributed by atoms with van der Waals surface area (Å²) in [5.41, 5.74) is 2.68. The van der Waals surface area contributed by atoms with Crippen LogP contribution in [-0.2, 0) is 22.7 Å². The molecule has 0 radical (unpaired) electrons. The zero-order valence-corrected chi connectivity index (χ0v) is 16.1. The zero-order chi connectivity index (χ0) is 19.5. The summed E-state index contributed by atoms with van der Waals surface area (Å²) < 4.78 is 0. The quantitative estimate of drug-likeness (QED) is 0.676. The molecule has 0 aromatic heterocycles. The molecule has 0 bridgehead atoms. The van der Waals surface area contributed by atoms with Crippen LogP contribution in [0.4, 0.5) is 0 Å². The van der Waals surface area contributed by atoms with Gasteiger partial charge >= 0.3 is 0 Å². The van der Waals surface area contributed by atoms with Crippen molar-refractivity contribution < 1.29 is 14.4 Å². The molecule has 2 atom stereocenters. The minimum atomic E-state index is -0.560. The van der Waals surface area contributed by atoms with E-state index >= 15 is 0 Å². The Labute approximate surface area is 165 Å². The molecule has 0 spiro atoms. The molecule has 150 valence electrons. The van der Waals surface area contributed by atoms with Crippen LogP contribution in [0.1, 0.15) is 60.0 Å². The lowest BCUT2D eigenvalue weighted by atomic mass is 10.0. The summed E-state index contributed by atoms with van der Waals surface area (Å²) in [5.74, 6) is -0.718. The van der Waals surface area contributed by atoms with Gasteiger partial charge in [0.05, 0.1) is 0 Å². The Balaban J connectivity index is 1.45. The molecule has 4 rings (SSSR count). The lowest BCUT2D eigenvalue weighted by molar-refractivity contribution is -0.136. The van der Waals surface area contributed by atoms with Gasteiger partial charge in [0.15, 0.2) is 0 Å². The number of hydrogen-bond acceptors (Lipinski definition) is 5. The maximum absolute atomic E-state index is 13.1.